The average Bonchev–Trinajstić information content (AvgIpc) is 2.95. The van der Waals surface area contributed by atoms with Crippen molar-refractivity contribution in [2.45, 2.75) is 52.6 Å². The number of hydrogen-bond donors (Lipinski definition) is 2. The van der Waals surface area contributed by atoms with Crippen LogP contribution in [0.4, 0.5) is 4.79 Å². The lowest BCUT2D eigenvalue weighted by molar-refractivity contribution is -0.127. The van der Waals surface area contributed by atoms with Gasteiger partial charge in [-0.15, -0.1) is 0 Å². The Balaban J connectivity index is 1.98. The molecule has 1 saturated heterocycles. The summed E-state index contributed by atoms with van der Waals surface area (Å²) in [6, 6.07) is 8.05. The van der Waals surface area contributed by atoms with E-state index in [0.717, 1.165) is 18.4 Å². The molecular formula is C19H29N3O2. The van der Waals surface area contributed by atoms with Crippen LogP contribution in [-0.2, 0) is 4.79 Å². The third-order valence-electron chi connectivity index (χ3n) is 4.55. The van der Waals surface area contributed by atoms with E-state index in [9.17, 15) is 9.59 Å². The molecule has 1 aromatic carbocycles. The maximum atomic E-state index is 12.4. The minimum atomic E-state index is -0.153. The van der Waals surface area contributed by atoms with Crippen molar-refractivity contribution >= 4 is 11.9 Å². The third-order valence-corrected chi connectivity index (χ3v) is 4.55. The Hall–Kier alpha value is -2.04. The van der Waals surface area contributed by atoms with Gasteiger partial charge in [-0.2, -0.15) is 0 Å². The SMILES string of the molecule is CC(=O)N1CC[C@@H](NC(=O)N[C@H](CC(C)C)c2ccccc2C)C1. The van der Waals surface area contributed by atoms with Crippen molar-refractivity contribution < 1.29 is 9.59 Å². The lowest BCUT2D eigenvalue weighted by Crippen LogP contribution is -2.45. The van der Waals surface area contributed by atoms with Gasteiger partial charge in [0.1, 0.15) is 0 Å². The molecule has 0 aromatic heterocycles. The highest BCUT2D eigenvalue weighted by atomic mass is 16.2. The predicted molar refractivity (Wildman–Crippen MR) is 95.7 cm³/mol. The topological polar surface area (TPSA) is 61.4 Å². The van der Waals surface area contributed by atoms with Gasteiger partial charge in [0.2, 0.25) is 5.91 Å². The summed E-state index contributed by atoms with van der Waals surface area (Å²) in [5.74, 6) is 0.548. The van der Waals surface area contributed by atoms with E-state index in [1.165, 1.54) is 5.56 Å². The zero-order chi connectivity index (χ0) is 17.7. The van der Waals surface area contributed by atoms with Gasteiger partial charge in [0.25, 0.3) is 0 Å². The maximum Gasteiger partial charge on any atom is 0.315 e. The smallest absolute Gasteiger partial charge is 0.315 e. The van der Waals surface area contributed by atoms with Crippen molar-refractivity contribution in [2.24, 2.45) is 5.92 Å². The zero-order valence-electron chi connectivity index (χ0n) is 15.1. The number of amides is 3. The van der Waals surface area contributed by atoms with Crippen molar-refractivity contribution in [1.29, 1.82) is 0 Å². The number of nitrogens with one attached hydrogen (secondary N) is 2. The lowest BCUT2D eigenvalue weighted by Gasteiger charge is -2.24. The van der Waals surface area contributed by atoms with E-state index in [2.05, 4.69) is 43.5 Å². The highest BCUT2D eigenvalue weighted by Gasteiger charge is 2.26. The molecule has 132 valence electrons. The van der Waals surface area contributed by atoms with Crippen LogP contribution < -0.4 is 10.6 Å². The van der Waals surface area contributed by atoms with E-state index >= 15 is 0 Å². The fourth-order valence-corrected chi connectivity index (χ4v) is 3.26. The molecular weight excluding hydrogens is 302 g/mol. The molecule has 0 saturated carbocycles. The number of urea groups is 1. The van der Waals surface area contributed by atoms with Crippen molar-refractivity contribution in [1.82, 2.24) is 15.5 Å². The van der Waals surface area contributed by atoms with Crippen LogP contribution in [0.1, 0.15) is 50.8 Å². The number of nitrogens with zero attached hydrogens (tertiary/aromatic N) is 1. The normalized spacial score (nSPS) is 18.5. The first-order chi connectivity index (χ1) is 11.4. The highest BCUT2D eigenvalue weighted by Crippen LogP contribution is 2.24. The highest BCUT2D eigenvalue weighted by molar-refractivity contribution is 5.76. The number of rotatable bonds is 5. The van der Waals surface area contributed by atoms with E-state index in [-0.39, 0.29) is 24.0 Å². The van der Waals surface area contributed by atoms with Crippen LogP contribution in [0.5, 0.6) is 0 Å². The van der Waals surface area contributed by atoms with Crippen LogP contribution in [0.25, 0.3) is 0 Å². The molecule has 0 unspecified atom stereocenters. The molecule has 1 fully saturated rings. The number of aryl methyl sites for hydroxylation is 1. The lowest BCUT2D eigenvalue weighted by atomic mass is 9.94. The standard InChI is InChI=1S/C19H29N3O2/c1-13(2)11-18(17-8-6-5-7-14(17)3)21-19(24)20-16-9-10-22(12-16)15(4)23/h5-8,13,16,18H,9-12H2,1-4H3,(H2,20,21,24)/t16-,18-/m1/s1. The quantitative estimate of drug-likeness (QED) is 0.871. The van der Waals surface area contributed by atoms with E-state index in [4.69, 9.17) is 0 Å². The third kappa shape index (κ3) is 4.98. The summed E-state index contributed by atoms with van der Waals surface area (Å²) in [6.07, 6.45) is 1.70. The summed E-state index contributed by atoms with van der Waals surface area (Å²) in [5, 5.41) is 6.14. The molecule has 5 heteroatoms. The fraction of sp³-hybridized carbons (Fsp3) is 0.579. The molecule has 1 aromatic rings. The van der Waals surface area contributed by atoms with Gasteiger partial charge in [0, 0.05) is 26.1 Å². The zero-order valence-corrected chi connectivity index (χ0v) is 15.1. The van der Waals surface area contributed by atoms with Gasteiger partial charge in [-0.25, -0.2) is 4.79 Å². The second kappa shape index (κ2) is 8.18. The molecule has 0 aliphatic carbocycles. The number of carbonyl (C=O) groups is 2. The monoisotopic (exact) mass is 331 g/mol. The minimum absolute atomic E-state index is 0.00323. The number of benzene rings is 1. The molecule has 2 rings (SSSR count). The van der Waals surface area contributed by atoms with Crippen LogP contribution >= 0.6 is 0 Å². The van der Waals surface area contributed by atoms with E-state index in [1.54, 1.807) is 11.8 Å². The van der Waals surface area contributed by atoms with Crippen LogP contribution in [0.2, 0.25) is 0 Å². The molecule has 24 heavy (non-hydrogen) atoms. The van der Waals surface area contributed by atoms with Gasteiger partial charge >= 0.3 is 6.03 Å². The molecule has 2 N–H and O–H groups in total. The maximum absolute atomic E-state index is 12.4. The minimum Gasteiger partial charge on any atom is -0.341 e. The molecule has 1 aliphatic rings. The van der Waals surface area contributed by atoms with Gasteiger partial charge in [0.15, 0.2) is 0 Å². The first-order valence-electron chi connectivity index (χ1n) is 8.75. The summed E-state index contributed by atoms with van der Waals surface area (Å²) in [6.45, 7) is 9.28. The van der Waals surface area contributed by atoms with Crippen molar-refractivity contribution in [2.75, 3.05) is 13.1 Å². The van der Waals surface area contributed by atoms with Crippen LogP contribution in [-0.4, -0.2) is 36.0 Å². The van der Waals surface area contributed by atoms with Crippen molar-refractivity contribution in [3.05, 3.63) is 35.4 Å². The summed E-state index contributed by atoms with van der Waals surface area (Å²) in [4.78, 5) is 25.6. The van der Waals surface area contributed by atoms with Gasteiger partial charge < -0.3 is 15.5 Å². The Morgan fingerprint density at radius 1 is 1.29 bits per heavy atom. The number of likely N-dealkylation sites (tertiary alicyclic amines) is 1. The molecule has 1 heterocycles. The second-order valence-corrected chi connectivity index (χ2v) is 7.11. The Morgan fingerprint density at radius 2 is 2.00 bits per heavy atom. The summed E-state index contributed by atoms with van der Waals surface area (Å²) >= 11 is 0. The van der Waals surface area contributed by atoms with Crippen LogP contribution in [0, 0.1) is 12.8 Å². The largest absolute Gasteiger partial charge is 0.341 e. The Labute approximate surface area is 144 Å². The number of hydrogen-bond acceptors (Lipinski definition) is 2. The molecule has 0 spiro atoms. The van der Waals surface area contributed by atoms with Crippen molar-refractivity contribution in [3.8, 4) is 0 Å². The molecule has 3 amide bonds. The van der Waals surface area contributed by atoms with E-state index in [0.29, 0.717) is 19.0 Å². The van der Waals surface area contributed by atoms with E-state index in [1.807, 2.05) is 12.1 Å². The van der Waals surface area contributed by atoms with Gasteiger partial charge in [-0.05, 0) is 36.8 Å². The summed E-state index contributed by atoms with van der Waals surface area (Å²) in [7, 11) is 0. The van der Waals surface area contributed by atoms with Crippen LogP contribution in [0.3, 0.4) is 0 Å². The first kappa shape index (κ1) is 18.3. The van der Waals surface area contributed by atoms with Gasteiger partial charge in [0.05, 0.1) is 6.04 Å². The van der Waals surface area contributed by atoms with Gasteiger partial charge in [-0.1, -0.05) is 38.1 Å². The Bertz CT molecular complexity index is 586. The summed E-state index contributed by atoms with van der Waals surface area (Å²) < 4.78 is 0. The summed E-state index contributed by atoms with van der Waals surface area (Å²) in [5.41, 5.74) is 2.35. The first-order valence-corrected chi connectivity index (χ1v) is 8.75. The average molecular weight is 331 g/mol. The molecule has 2 atom stereocenters. The Kier molecular flexibility index (Phi) is 6.23. The van der Waals surface area contributed by atoms with E-state index < -0.39 is 0 Å². The molecule has 0 bridgehead atoms. The number of carbonyl (C=O) groups excluding carboxylic acids is 2. The van der Waals surface area contributed by atoms with Crippen LogP contribution in [0.15, 0.2) is 24.3 Å². The second-order valence-electron chi connectivity index (χ2n) is 7.11. The Morgan fingerprint density at radius 3 is 2.58 bits per heavy atom. The molecule has 5 nitrogen and oxygen atoms in total. The molecule has 0 radical (unpaired) electrons. The molecule has 1 aliphatic heterocycles. The van der Waals surface area contributed by atoms with Gasteiger partial charge in [-0.3, -0.25) is 4.79 Å². The fourth-order valence-electron chi connectivity index (χ4n) is 3.26. The predicted octanol–water partition coefficient (Wildman–Crippen LogP) is 3.00. The van der Waals surface area contributed by atoms with Crippen molar-refractivity contribution in [3.63, 3.8) is 0 Å².